The quantitative estimate of drug-likeness (QED) is 0.899. The summed E-state index contributed by atoms with van der Waals surface area (Å²) in [6, 6.07) is 9.37. The number of carbonyl (C=O) groups excluding carboxylic acids is 1. The maximum Gasteiger partial charge on any atom is 0.225 e. The number of ether oxygens (including phenoxy) is 1. The van der Waals surface area contributed by atoms with Crippen molar-refractivity contribution in [3.8, 4) is 6.07 Å². The Kier molecular flexibility index (Phi) is 5.73. The molecule has 0 spiro atoms. The molecule has 5 heteroatoms. The lowest BCUT2D eigenvalue weighted by Crippen LogP contribution is -2.46. The first-order chi connectivity index (χ1) is 10.2. The predicted octanol–water partition coefficient (Wildman–Crippen LogP) is 2.00. The minimum atomic E-state index is 0.000975. The topological polar surface area (TPSA) is 65.4 Å². The third kappa shape index (κ3) is 4.55. The molecule has 2 rings (SSSR count). The molecule has 112 valence electrons. The molecule has 0 aromatic heterocycles. The van der Waals surface area contributed by atoms with Gasteiger partial charge in [0.15, 0.2) is 0 Å². The summed E-state index contributed by atoms with van der Waals surface area (Å²) in [7, 11) is 0. The fourth-order valence-corrected chi connectivity index (χ4v) is 2.46. The summed E-state index contributed by atoms with van der Waals surface area (Å²) in [6.07, 6.45) is 1.51. The molecule has 1 aliphatic rings. The standard InChI is InChI=1S/C16H21N3O2/c1-2-15-12-21-10-9-19(15)8-7-16(20)18-14-5-3-13(11-17)4-6-14/h3-6,15H,2,7-10,12H2,1H3,(H,18,20). The number of hydrogen-bond acceptors (Lipinski definition) is 4. The van der Waals surface area contributed by atoms with Crippen LogP contribution in [0.2, 0.25) is 0 Å². The fourth-order valence-electron chi connectivity index (χ4n) is 2.46. The van der Waals surface area contributed by atoms with E-state index in [1.807, 2.05) is 0 Å². The van der Waals surface area contributed by atoms with Gasteiger partial charge < -0.3 is 10.1 Å². The second-order valence-corrected chi connectivity index (χ2v) is 5.16. The SMILES string of the molecule is CCC1COCCN1CCC(=O)Nc1ccc(C#N)cc1. The molecule has 0 saturated carbocycles. The van der Waals surface area contributed by atoms with Gasteiger partial charge in [0.25, 0.3) is 0 Å². The van der Waals surface area contributed by atoms with Crippen molar-refractivity contribution in [1.82, 2.24) is 4.90 Å². The van der Waals surface area contributed by atoms with Gasteiger partial charge in [-0.3, -0.25) is 9.69 Å². The van der Waals surface area contributed by atoms with E-state index in [0.29, 0.717) is 18.0 Å². The Morgan fingerprint density at radius 3 is 2.90 bits per heavy atom. The first kappa shape index (κ1) is 15.5. The molecular weight excluding hydrogens is 266 g/mol. The van der Waals surface area contributed by atoms with Crippen LogP contribution >= 0.6 is 0 Å². The Balaban J connectivity index is 1.80. The molecule has 0 aliphatic carbocycles. The van der Waals surface area contributed by atoms with Gasteiger partial charge in [0.2, 0.25) is 5.91 Å². The summed E-state index contributed by atoms with van der Waals surface area (Å²) >= 11 is 0. The van der Waals surface area contributed by atoms with Crippen LogP contribution in [0.4, 0.5) is 5.69 Å². The Morgan fingerprint density at radius 2 is 2.24 bits per heavy atom. The highest BCUT2D eigenvalue weighted by atomic mass is 16.5. The van der Waals surface area contributed by atoms with Crippen molar-refractivity contribution in [1.29, 1.82) is 5.26 Å². The summed E-state index contributed by atoms with van der Waals surface area (Å²) < 4.78 is 5.46. The van der Waals surface area contributed by atoms with Gasteiger partial charge in [0, 0.05) is 31.2 Å². The summed E-state index contributed by atoms with van der Waals surface area (Å²) in [6.45, 7) is 5.29. The van der Waals surface area contributed by atoms with Gasteiger partial charge in [-0.05, 0) is 30.7 Å². The Hall–Kier alpha value is -1.90. The van der Waals surface area contributed by atoms with Crippen LogP contribution in [-0.2, 0) is 9.53 Å². The van der Waals surface area contributed by atoms with Crippen LogP contribution in [0.3, 0.4) is 0 Å². The summed E-state index contributed by atoms with van der Waals surface area (Å²) in [5, 5.41) is 11.6. The molecule has 1 saturated heterocycles. The Bertz CT molecular complexity index is 507. The fraction of sp³-hybridized carbons (Fsp3) is 0.500. The number of carbonyl (C=O) groups is 1. The zero-order valence-corrected chi connectivity index (χ0v) is 12.3. The summed E-state index contributed by atoms with van der Waals surface area (Å²) in [5.41, 5.74) is 1.32. The third-order valence-electron chi connectivity index (χ3n) is 3.74. The van der Waals surface area contributed by atoms with Crippen LogP contribution in [0.25, 0.3) is 0 Å². The van der Waals surface area contributed by atoms with E-state index in [9.17, 15) is 4.79 Å². The van der Waals surface area contributed by atoms with Gasteiger partial charge in [-0.15, -0.1) is 0 Å². The van der Waals surface area contributed by atoms with Crippen molar-refractivity contribution in [3.63, 3.8) is 0 Å². The molecule has 1 unspecified atom stereocenters. The molecule has 5 nitrogen and oxygen atoms in total. The Morgan fingerprint density at radius 1 is 1.48 bits per heavy atom. The van der Waals surface area contributed by atoms with Crippen LogP contribution in [0.15, 0.2) is 24.3 Å². The average Bonchev–Trinajstić information content (AvgIpc) is 2.54. The summed E-state index contributed by atoms with van der Waals surface area (Å²) in [4.78, 5) is 14.3. The average molecular weight is 287 g/mol. The monoisotopic (exact) mass is 287 g/mol. The van der Waals surface area contributed by atoms with Crippen molar-refractivity contribution < 1.29 is 9.53 Å². The van der Waals surface area contributed by atoms with Crippen molar-refractivity contribution in [3.05, 3.63) is 29.8 Å². The molecular formula is C16H21N3O2. The van der Waals surface area contributed by atoms with E-state index in [0.717, 1.165) is 38.4 Å². The Labute approximate surface area is 125 Å². The molecule has 1 atom stereocenters. The third-order valence-corrected chi connectivity index (χ3v) is 3.74. The minimum Gasteiger partial charge on any atom is -0.378 e. The zero-order chi connectivity index (χ0) is 15.1. The van der Waals surface area contributed by atoms with Crippen molar-refractivity contribution >= 4 is 11.6 Å². The number of nitrogens with one attached hydrogen (secondary N) is 1. The van der Waals surface area contributed by atoms with E-state index >= 15 is 0 Å². The van der Waals surface area contributed by atoms with Crippen molar-refractivity contribution in [2.45, 2.75) is 25.8 Å². The maximum atomic E-state index is 12.0. The molecule has 1 heterocycles. The number of morpholine rings is 1. The van der Waals surface area contributed by atoms with Crippen molar-refractivity contribution in [2.24, 2.45) is 0 Å². The molecule has 1 N–H and O–H groups in total. The predicted molar refractivity (Wildman–Crippen MR) is 80.9 cm³/mol. The normalized spacial score (nSPS) is 19.0. The highest BCUT2D eigenvalue weighted by molar-refractivity contribution is 5.90. The van der Waals surface area contributed by atoms with Crippen LogP contribution in [0.5, 0.6) is 0 Å². The number of benzene rings is 1. The van der Waals surface area contributed by atoms with E-state index in [1.54, 1.807) is 24.3 Å². The van der Waals surface area contributed by atoms with Crippen LogP contribution in [0, 0.1) is 11.3 Å². The molecule has 0 bridgehead atoms. The van der Waals surface area contributed by atoms with Crippen LogP contribution < -0.4 is 5.32 Å². The second kappa shape index (κ2) is 7.77. The second-order valence-electron chi connectivity index (χ2n) is 5.16. The van der Waals surface area contributed by atoms with E-state index in [-0.39, 0.29) is 5.91 Å². The summed E-state index contributed by atoms with van der Waals surface area (Å²) in [5.74, 6) is 0.000975. The van der Waals surface area contributed by atoms with Crippen LogP contribution in [0.1, 0.15) is 25.3 Å². The highest BCUT2D eigenvalue weighted by Crippen LogP contribution is 2.12. The number of hydrogen-bond donors (Lipinski definition) is 1. The number of nitrogens with zero attached hydrogens (tertiary/aromatic N) is 2. The molecule has 21 heavy (non-hydrogen) atoms. The lowest BCUT2D eigenvalue weighted by atomic mass is 10.1. The van der Waals surface area contributed by atoms with E-state index in [1.165, 1.54) is 0 Å². The lowest BCUT2D eigenvalue weighted by Gasteiger charge is -2.34. The lowest BCUT2D eigenvalue weighted by molar-refractivity contribution is -0.117. The smallest absolute Gasteiger partial charge is 0.225 e. The molecule has 1 fully saturated rings. The zero-order valence-electron chi connectivity index (χ0n) is 12.3. The van der Waals surface area contributed by atoms with E-state index in [4.69, 9.17) is 10.00 Å². The van der Waals surface area contributed by atoms with E-state index in [2.05, 4.69) is 23.2 Å². The first-order valence-electron chi connectivity index (χ1n) is 7.34. The van der Waals surface area contributed by atoms with Crippen molar-refractivity contribution in [2.75, 3.05) is 31.6 Å². The minimum absolute atomic E-state index is 0.000975. The van der Waals surface area contributed by atoms with Gasteiger partial charge >= 0.3 is 0 Å². The number of rotatable bonds is 5. The highest BCUT2D eigenvalue weighted by Gasteiger charge is 2.21. The first-order valence-corrected chi connectivity index (χ1v) is 7.34. The largest absolute Gasteiger partial charge is 0.378 e. The number of anilines is 1. The van der Waals surface area contributed by atoms with Gasteiger partial charge in [0.05, 0.1) is 24.8 Å². The maximum absolute atomic E-state index is 12.0. The molecule has 0 radical (unpaired) electrons. The molecule has 1 aromatic rings. The molecule has 1 aromatic carbocycles. The van der Waals surface area contributed by atoms with Gasteiger partial charge in [0.1, 0.15) is 0 Å². The van der Waals surface area contributed by atoms with E-state index < -0.39 is 0 Å². The molecule has 1 amide bonds. The number of amides is 1. The van der Waals surface area contributed by atoms with Gasteiger partial charge in [-0.25, -0.2) is 0 Å². The number of nitriles is 1. The van der Waals surface area contributed by atoms with Crippen LogP contribution in [-0.4, -0.2) is 43.2 Å². The molecule has 1 aliphatic heterocycles. The van der Waals surface area contributed by atoms with Gasteiger partial charge in [-0.2, -0.15) is 5.26 Å². The van der Waals surface area contributed by atoms with Gasteiger partial charge in [-0.1, -0.05) is 6.92 Å².